The maximum atomic E-state index is 13.2. The van der Waals surface area contributed by atoms with Gasteiger partial charge in [0, 0.05) is 23.7 Å². The van der Waals surface area contributed by atoms with E-state index in [9.17, 15) is 31.1 Å². The summed E-state index contributed by atoms with van der Waals surface area (Å²) in [5.74, 6) is 0. The van der Waals surface area contributed by atoms with Gasteiger partial charge in [0.25, 0.3) is 0 Å². The van der Waals surface area contributed by atoms with Crippen LogP contribution in [0, 0.1) is 0 Å². The van der Waals surface area contributed by atoms with E-state index < -0.39 is 23.5 Å². The summed E-state index contributed by atoms with van der Waals surface area (Å²) in [6.45, 7) is 0.0153. The van der Waals surface area contributed by atoms with Gasteiger partial charge in [0.1, 0.15) is 0 Å². The molecule has 0 aliphatic carbocycles. The van der Waals surface area contributed by atoms with E-state index in [0.29, 0.717) is 28.8 Å². The summed E-state index contributed by atoms with van der Waals surface area (Å²) in [4.78, 5) is 11.0. The highest BCUT2D eigenvalue weighted by atomic mass is 19.4. The van der Waals surface area contributed by atoms with E-state index in [4.69, 9.17) is 0 Å². The molecular formula is C18H12F6N2O. The van der Waals surface area contributed by atoms with Crippen molar-refractivity contribution in [3.63, 3.8) is 0 Å². The van der Waals surface area contributed by atoms with Crippen LogP contribution in [0.3, 0.4) is 0 Å². The van der Waals surface area contributed by atoms with E-state index in [-0.39, 0.29) is 24.6 Å². The number of aryl methyl sites for hydroxylation is 2. The van der Waals surface area contributed by atoms with Gasteiger partial charge < -0.3 is 0 Å². The Hall–Kier alpha value is -2.84. The van der Waals surface area contributed by atoms with Crippen molar-refractivity contribution >= 4 is 17.2 Å². The van der Waals surface area contributed by atoms with Crippen LogP contribution in [-0.4, -0.2) is 16.1 Å². The Morgan fingerprint density at radius 3 is 2.37 bits per heavy atom. The highest BCUT2D eigenvalue weighted by molar-refractivity contribution is 5.96. The lowest BCUT2D eigenvalue weighted by Crippen LogP contribution is -2.14. The molecule has 0 N–H and O–H groups in total. The van der Waals surface area contributed by atoms with Crippen LogP contribution in [0.5, 0.6) is 0 Å². The molecule has 0 fully saturated rings. The zero-order valence-corrected chi connectivity index (χ0v) is 13.6. The van der Waals surface area contributed by atoms with Gasteiger partial charge in [0.2, 0.25) is 0 Å². The van der Waals surface area contributed by atoms with Gasteiger partial charge in [-0.3, -0.25) is 9.48 Å². The first kappa shape index (κ1) is 18.9. The number of benzene rings is 2. The van der Waals surface area contributed by atoms with Gasteiger partial charge in [0.05, 0.1) is 16.6 Å². The standard InChI is InChI=1S/C18H12F6N2O/c19-17(20,21)13-5-4-11(15(8-13)18(22,23)24)6-7-26-9-14-12(10-27)2-1-3-16(14)25-26/h1-5,8-10H,6-7H2. The average molecular weight is 386 g/mol. The van der Waals surface area contributed by atoms with Gasteiger partial charge in [-0.2, -0.15) is 31.4 Å². The van der Waals surface area contributed by atoms with Gasteiger partial charge in [-0.25, -0.2) is 0 Å². The summed E-state index contributed by atoms with van der Waals surface area (Å²) in [5.41, 5.74) is -2.03. The highest BCUT2D eigenvalue weighted by Crippen LogP contribution is 2.37. The molecule has 0 amide bonds. The number of halogens is 6. The molecule has 0 radical (unpaired) electrons. The molecule has 0 aliphatic rings. The predicted octanol–water partition coefficient (Wildman–Crippen LogP) is 5.13. The summed E-state index contributed by atoms with van der Waals surface area (Å²) in [6.07, 6.45) is -7.76. The minimum atomic E-state index is -4.91. The number of hydrogen-bond acceptors (Lipinski definition) is 2. The molecule has 0 aliphatic heterocycles. The van der Waals surface area contributed by atoms with Crippen LogP contribution in [0.2, 0.25) is 0 Å². The molecule has 0 atom stereocenters. The zero-order chi connectivity index (χ0) is 19.8. The fourth-order valence-corrected chi connectivity index (χ4v) is 2.80. The van der Waals surface area contributed by atoms with Gasteiger partial charge >= 0.3 is 12.4 Å². The molecular weight excluding hydrogens is 374 g/mol. The number of fused-ring (bicyclic) bond motifs is 1. The third kappa shape index (κ3) is 3.96. The summed E-state index contributed by atoms with van der Waals surface area (Å²) in [5, 5.41) is 4.73. The van der Waals surface area contributed by atoms with Crippen molar-refractivity contribution in [1.82, 2.24) is 9.78 Å². The Kier molecular flexibility index (Phi) is 4.71. The lowest BCUT2D eigenvalue weighted by molar-refractivity contribution is -0.143. The summed E-state index contributed by atoms with van der Waals surface area (Å²) in [7, 11) is 0. The summed E-state index contributed by atoms with van der Waals surface area (Å²) < 4.78 is 79.1. The first-order chi connectivity index (χ1) is 12.6. The number of carbonyl (C=O) groups excluding carboxylic acids is 1. The topological polar surface area (TPSA) is 34.9 Å². The molecule has 9 heteroatoms. The Balaban J connectivity index is 1.91. The molecule has 1 heterocycles. The average Bonchev–Trinajstić information content (AvgIpc) is 3.01. The third-order valence-corrected chi connectivity index (χ3v) is 4.11. The monoisotopic (exact) mass is 386 g/mol. The molecule has 1 aromatic heterocycles. The highest BCUT2D eigenvalue weighted by Gasteiger charge is 2.37. The number of hydrogen-bond donors (Lipinski definition) is 0. The fraction of sp³-hybridized carbons (Fsp3) is 0.222. The Morgan fingerprint density at radius 2 is 1.74 bits per heavy atom. The van der Waals surface area contributed by atoms with Crippen molar-refractivity contribution in [3.8, 4) is 0 Å². The quantitative estimate of drug-likeness (QED) is 0.460. The number of aromatic nitrogens is 2. The number of rotatable bonds is 4. The first-order valence-corrected chi connectivity index (χ1v) is 7.78. The van der Waals surface area contributed by atoms with Crippen LogP contribution < -0.4 is 0 Å². The second-order valence-corrected chi connectivity index (χ2v) is 5.91. The molecule has 2 aromatic carbocycles. The fourth-order valence-electron chi connectivity index (χ4n) is 2.80. The molecule has 3 nitrogen and oxygen atoms in total. The number of aldehydes is 1. The minimum Gasteiger partial charge on any atom is -0.298 e. The van der Waals surface area contributed by atoms with E-state index in [1.807, 2.05) is 0 Å². The lowest BCUT2D eigenvalue weighted by atomic mass is 10.0. The van der Waals surface area contributed by atoms with Crippen molar-refractivity contribution in [2.75, 3.05) is 0 Å². The Morgan fingerprint density at radius 1 is 1.00 bits per heavy atom. The van der Waals surface area contributed by atoms with Crippen LogP contribution in [0.1, 0.15) is 27.0 Å². The molecule has 3 aromatic rings. The van der Waals surface area contributed by atoms with Crippen molar-refractivity contribution in [2.24, 2.45) is 0 Å². The number of nitrogens with zero attached hydrogens (tertiary/aromatic N) is 2. The molecule has 0 saturated heterocycles. The van der Waals surface area contributed by atoms with Crippen molar-refractivity contribution in [1.29, 1.82) is 0 Å². The van der Waals surface area contributed by atoms with E-state index in [1.165, 1.54) is 10.9 Å². The minimum absolute atomic E-state index is 0.0153. The van der Waals surface area contributed by atoms with Crippen molar-refractivity contribution < 1.29 is 31.1 Å². The lowest BCUT2D eigenvalue weighted by Gasteiger charge is -2.16. The normalized spacial score (nSPS) is 12.5. The van der Waals surface area contributed by atoms with Gasteiger partial charge in [-0.1, -0.05) is 18.2 Å². The molecule has 0 saturated carbocycles. The Labute approximate surface area is 149 Å². The second kappa shape index (κ2) is 6.71. The van der Waals surface area contributed by atoms with Crippen LogP contribution in [0.15, 0.2) is 42.6 Å². The largest absolute Gasteiger partial charge is 0.416 e. The predicted molar refractivity (Wildman–Crippen MR) is 85.3 cm³/mol. The molecule has 0 spiro atoms. The second-order valence-electron chi connectivity index (χ2n) is 5.91. The van der Waals surface area contributed by atoms with Gasteiger partial charge in [0.15, 0.2) is 6.29 Å². The number of carbonyl (C=O) groups is 1. The Bertz CT molecular complexity index is 988. The van der Waals surface area contributed by atoms with Crippen LogP contribution in [0.25, 0.3) is 10.9 Å². The SMILES string of the molecule is O=Cc1cccc2nn(CCc3ccc(C(F)(F)F)cc3C(F)(F)F)cc12. The maximum absolute atomic E-state index is 13.2. The van der Waals surface area contributed by atoms with Crippen LogP contribution in [-0.2, 0) is 25.3 Å². The van der Waals surface area contributed by atoms with Crippen molar-refractivity contribution in [2.45, 2.75) is 25.3 Å². The molecule has 0 bridgehead atoms. The van der Waals surface area contributed by atoms with Crippen LogP contribution in [0.4, 0.5) is 26.3 Å². The molecule has 27 heavy (non-hydrogen) atoms. The third-order valence-electron chi connectivity index (χ3n) is 4.11. The smallest absolute Gasteiger partial charge is 0.298 e. The first-order valence-electron chi connectivity index (χ1n) is 7.78. The zero-order valence-electron chi connectivity index (χ0n) is 13.6. The summed E-state index contributed by atoms with van der Waals surface area (Å²) >= 11 is 0. The molecule has 142 valence electrons. The molecule has 0 unspecified atom stereocenters. The molecule has 3 rings (SSSR count). The van der Waals surface area contributed by atoms with E-state index >= 15 is 0 Å². The summed E-state index contributed by atoms with van der Waals surface area (Å²) in [6, 6.07) is 6.46. The van der Waals surface area contributed by atoms with E-state index in [0.717, 1.165) is 6.07 Å². The van der Waals surface area contributed by atoms with Crippen LogP contribution >= 0.6 is 0 Å². The van der Waals surface area contributed by atoms with Crippen molar-refractivity contribution in [3.05, 3.63) is 64.8 Å². The van der Waals surface area contributed by atoms with Gasteiger partial charge in [-0.05, 0) is 30.2 Å². The maximum Gasteiger partial charge on any atom is 0.416 e. The number of alkyl halides is 6. The van der Waals surface area contributed by atoms with E-state index in [1.54, 1.807) is 18.2 Å². The van der Waals surface area contributed by atoms with Gasteiger partial charge in [-0.15, -0.1) is 0 Å². The van der Waals surface area contributed by atoms with E-state index in [2.05, 4.69) is 5.10 Å².